The predicted molar refractivity (Wildman–Crippen MR) is 96.6 cm³/mol. The molecule has 1 atom stereocenters. The van der Waals surface area contributed by atoms with E-state index in [1.165, 1.54) is 18.5 Å². The third-order valence-electron chi connectivity index (χ3n) is 3.61. The van der Waals surface area contributed by atoms with Crippen molar-refractivity contribution >= 4 is 33.2 Å². The highest BCUT2D eigenvalue weighted by atomic mass is 35.5. The second kappa shape index (κ2) is 7.13. The van der Waals surface area contributed by atoms with Gasteiger partial charge in [0.25, 0.3) is 0 Å². The van der Waals surface area contributed by atoms with Crippen molar-refractivity contribution in [3.05, 3.63) is 70.7 Å². The van der Waals surface area contributed by atoms with Gasteiger partial charge >= 0.3 is 0 Å². The average molecular weight is 397 g/mol. The van der Waals surface area contributed by atoms with Crippen molar-refractivity contribution in [2.24, 2.45) is 0 Å². The number of rotatable bonds is 5. The second-order valence-electron chi connectivity index (χ2n) is 5.33. The Morgan fingerprint density at radius 2 is 1.84 bits per heavy atom. The molecule has 0 fully saturated rings. The summed E-state index contributed by atoms with van der Waals surface area (Å²) in [4.78, 5) is 3.84. The van der Waals surface area contributed by atoms with Gasteiger partial charge in [-0.3, -0.25) is 0 Å². The third kappa shape index (κ3) is 3.85. The summed E-state index contributed by atoms with van der Waals surface area (Å²) in [7, 11) is -3.81. The van der Waals surface area contributed by atoms with E-state index in [0.29, 0.717) is 0 Å². The van der Waals surface area contributed by atoms with Crippen LogP contribution in [-0.4, -0.2) is 23.2 Å². The fraction of sp³-hybridized carbons (Fsp3) is 0.125. The maximum absolute atomic E-state index is 12.6. The molecule has 1 N–H and O–H groups in total. The monoisotopic (exact) mass is 396 g/mol. The summed E-state index contributed by atoms with van der Waals surface area (Å²) in [6.45, 7) is 1.75. The van der Waals surface area contributed by atoms with E-state index in [2.05, 4.69) is 14.8 Å². The molecular formula is C16H14Cl2N4O2S. The van der Waals surface area contributed by atoms with Crippen LogP contribution in [0.3, 0.4) is 0 Å². The molecule has 0 amide bonds. The number of hydrogen-bond donors (Lipinski definition) is 1. The van der Waals surface area contributed by atoms with Crippen LogP contribution in [0.1, 0.15) is 18.5 Å². The third-order valence-corrected chi connectivity index (χ3v) is 6.13. The summed E-state index contributed by atoms with van der Waals surface area (Å²) in [6.07, 6.45) is 3.03. The molecule has 0 aliphatic rings. The van der Waals surface area contributed by atoms with E-state index in [1.54, 1.807) is 24.0 Å². The molecule has 0 bridgehead atoms. The lowest BCUT2D eigenvalue weighted by Crippen LogP contribution is -2.27. The highest BCUT2D eigenvalue weighted by Crippen LogP contribution is 2.29. The lowest BCUT2D eigenvalue weighted by atomic mass is 10.1. The van der Waals surface area contributed by atoms with Crippen LogP contribution < -0.4 is 4.72 Å². The average Bonchev–Trinajstić information content (AvgIpc) is 3.11. The zero-order valence-corrected chi connectivity index (χ0v) is 15.4. The quantitative estimate of drug-likeness (QED) is 0.714. The maximum atomic E-state index is 12.6. The van der Waals surface area contributed by atoms with Crippen molar-refractivity contribution < 1.29 is 8.42 Å². The Morgan fingerprint density at radius 1 is 1.12 bits per heavy atom. The van der Waals surface area contributed by atoms with Gasteiger partial charge in [-0.25, -0.2) is 22.8 Å². The summed E-state index contributed by atoms with van der Waals surface area (Å²) < 4.78 is 29.4. The zero-order chi connectivity index (χ0) is 18.0. The molecule has 0 saturated carbocycles. The van der Waals surface area contributed by atoms with E-state index in [9.17, 15) is 8.42 Å². The summed E-state index contributed by atoms with van der Waals surface area (Å²) in [6, 6.07) is 11.4. The van der Waals surface area contributed by atoms with Crippen molar-refractivity contribution in [3.63, 3.8) is 0 Å². The van der Waals surface area contributed by atoms with Gasteiger partial charge in [-0.2, -0.15) is 5.10 Å². The number of hydrogen-bond acceptors (Lipinski definition) is 4. The summed E-state index contributed by atoms with van der Waals surface area (Å²) >= 11 is 11.9. The molecule has 0 aliphatic carbocycles. The topological polar surface area (TPSA) is 76.9 Å². The summed E-state index contributed by atoms with van der Waals surface area (Å²) in [5.41, 5.74) is 1.62. The van der Waals surface area contributed by atoms with Crippen molar-refractivity contribution in [1.82, 2.24) is 19.5 Å². The van der Waals surface area contributed by atoms with E-state index in [0.717, 1.165) is 11.3 Å². The van der Waals surface area contributed by atoms with Crippen LogP contribution >= 0.6 is 23.2 Å². The van der Waals surface area contributed by atoms with Crippen LogP contribution in [0.15, 0.2) is 60.0 Å². The molecule has 0 radical (unpaired) electrons. The molecule has 0 unspecified atom stereocenters. The minimum Gasteiger partial charge on any atom is -0.223 e. The highest BCUT2D eigenvalue weighted by Gasteiger charge is 2.22. The molecule has 130 valence electrons. The van der Waals surface area contributed by atoms with Crippen LogP contribution in [-0.2, 0) is 10.0 Å². The summed E-state index contributed by atoms with van der Waals surface area (Å²) in [5, 5.41) is 4.24. The number of benzene rings is 2. The molecule has 0 aliphatic heterocycles. The van der Waals surface area contributed by atoms with E-state index >= 15 is 0 Å². The Morgan fingerprint density at radius 3 is 2.48 bits per heavy atom. The molecule has 1 heterocycles. The van der Waals surface area contributed by atoms with Crippen molar-refractivity contribution in [3.8, 4) is 5.69 Å². The lowest BCUT2D eigenvalue weighted by molar-refractivity contribution is 0.567. The van der Waals surface area contributed by atoms with Crippen molar-refractivity contribution in [1.29, 1.82) is 0 Å². The molecule has 25 heavy (non-hydrogen) atoms. The molecule has 3 aromatic rings. The maximum Gasteiger partial charge on any atom is 0.242 e. The summed E-state index contributed by atoms with van der Waals surface area (Å²) in [5.74, 6) is 0. The fourth-order valence-corrected chi connectivity index (χ4v) is 4.31. The van der Waals surface area contributed by atoms with E-state index in [1.807, 2.05) is 24.3 Å². The smallest absolute Gasteiger partial charge is 0.223 e. The number of nitrogens with one attached hydrogen (secondary N) is 1. The minimum atomic E-state index is -3.81. The Hall–Kier alpha value is -1.93. The number of nitrogens with zero attached hydrogens (tertiary/aromatic N) is 3. The number of halogens is 2. The molecule has 1 aromatic heterocycles. The van der Waals surface area contributed by atoms with Gasteiger partial charge in [-0.15, -0.1) is 0 Å². The Bertz CT molecular complexity index is 974. The van der Waals surface area contributed by atoms with Gasteiger partial charge < -0.3 is 0 Å². The lowest BCUT2D eigenvalue weighted by Gasteiger charge is -2.16. The van der Waals surface area contributed by atoms with Crippen LogP contribution in [0, 0.1) is 0 Å². The molecule has 6 nitrogen and oxygen atoms in total. The fourth-order valence-electron chi connectivity index (χ4n) is 2.31. The van der Waals surface area contributed by atoms with Crippen LogP contribution in [0.25, 0.3) is 5.69 Å². The first-order chi connectivity index (χ1) is 11.9. The molecular weight excluding hydrogens is 383 g/mol. The van der Waals surface area contributed by atoms with Crippen LogP contribution in [0.5, 0.6) is 0 Å². The standard InChI is InChI=1S/C16H14Cl2N4O2S/c1-11(12-5-7-13(8-6-12)22-10-19-9-20-22)21-25(23,24)15-4-2-3-14(17)16(15)18/h2-11,21H,1H3/t11-/m0/s1. The molecule has 2 aromatic carbocycles. The molecule has 0 spiro atoms. The van der Waals surface area contributed by atoms with E-state index < -0.39 is 16.1 Å². The Balaban J connectivity index is 1.81. The van der Waals surface area contributed by atoms with Gasteiger partial charge in [-0.05, 0) is 36.8 Å². The van der Waals surface area contributed by atoms with Gasteiger partial charge in [0.15, 0.2) is 0 Å². The van der Waals surface area contributed by atoms with Gasteiger partial charge in [0, 0.05) is 6.04 Å². The Kier molecular flexibility index (Phi) is 5.10. The zero-order valence-electron chi connectivity index (χ0n) is 13.1. The van der Waals surface area contributed by atoms with Crippen molar-refractivity contribution in [2.45, 2.75) is 17.9 Å². The largest absolute Gasteiger partial charge is 0.242 e. The van der Waals surface area contributed by atoms with Gasteiger partial charge in [0.1, 0.15) is 17.6 Å². The second-order valence-corrected chi connectivity index (χ2v) is 7.79. The highest BCUT2D eigenvalue weighted by molar-refractivity contribution is 7.89. The first-order valence-corrected chi connectivity index (χ1v) is 9.54. The number of sulfonamides is 1. The minimum absolute atomic E-state index is 0.00500. The SMILES string of the molecule is C[C@H](NS(=O)(=O)c1cccc(Cl)c1Cl)c1ccc(-n2cncn2)cc1. The van der Waals surface area contributed by atoms with Crippen LogP contribution in [0.4, 0.5) is 0 Å². The number of aromatic nitrogens is 3. The first-order valence-electron chi connectivity index (χ1n) is 7.30. The molecule has 3 rings (SSSR count). The van der Waals surface area contributed by atoms with Crippen molar-refractivity contribution in [2.75, 3.05) is 0 Å². The van der Waals surface area contributed by atoms with E-state index in [4.69, 9.17) is 23.2 Å². The molecule has 0 saturated heterocycles. The molecule has 9 heteroatoms. The van der Waals surface area contributed by atoms with E-state index in [-0.39, 0.29) is 14.9 Å². The normalized spacial score (nSPS) is 12.9. The van der Waals surface area contributed by atoms with Crippen LogP contribution in [0.2, 0.25) is 10.0 Å². The van der Waals surface area contributed by atoms with Gasteiger partial charge in [0.2, 0.25) is 10.0 Å². The predicted octanol–water partition coefficient (Wildman–Crippen LogP) is 3.61. The first kappa shape index (κ1) is 17.9. The van der Waals surface area contributed by atoms with Gasteiger partial charge in [0.05, 0.1) is 15.7 Å². The Labute approximate surface area is 155 Å². The van der Waals surface area contributed by atoms with Gasteiger partial charge in [-0.1, -0.05) is 41.4 Å².